The van der Waals surface area contributed by atoms with E-state index in [1.165, 1.54) is 36.5 Å². The minimum atomic E-state index is -4.05. The van der Waals surface area contributed by atoms with E-state index in [0.717, 1.165) is 10.9 Å². The first-order chi connectivity index (χ1) is 15.7. The molecule has 0 fully saturated rings. The van der Waals surface area contributed by atoms with Crippen molar-refractivity contribution in [2.24, 2.45) is 5.10 Å². The summed E-state index contributed by atoms with van der Waals surface area (Å²) in [4.78, 5) is 2.33. The van der Waals surface area contributed by atoms with E-state index in [2.05, 4.69) is 9.93 Å². The second kappa shape index (κ2) is 9.05. The van der Waals surface area contributed by atoms with Crippen molar-refractivity contribution >= 4 is 37.1 Å². The molecule has 0 bridgehead atoms. The Morgan fingerprint density at radius 1 is 0.788 bits per heavy atom. The zero-order chi connectivity index (χ0) is 23.5. The van der Waals surface area contributed by atoms with Crippen LogP contribution in [0, 0.1) is 6.92 Å². The van der Waals surface area contributed by atoms with E-state index in [0.29, 0.717) is 10.9 Å². The van der Waals surface area contributed by atoms with Crippen LogP contribution in [0.2, 0.25) is 0 Å². The van der Waals surface area contributed by atoms with Crippen LogP contribution in [-0.4, -0.2) is 23.1 Å². The third kappa shape index (κ3) is 5.21. The van der Waals surface area contributed by atoms with Crippen LogP contribution in [-0.2, 0) is 20.1 Å². The summed E-state index contributed by atoms with van der Waals surface area (Å²) < 4.78 is 55.4. The number of sulfonamides is 1. The van der Waals surface area contributed by atoms with Crippen LogP contribution in [0.1, 0.15) is 11.1 Å². The van der Waals surface area contributed by atoms with Gasteiger partial charge in [0.05, 0.1) is 11.1 Å². The molecule has 0 amide bonds. The van der Waals surface area contributed by atoms with Gasteiger partial charge in [-0.1, -0.05) is 54.1 Å². The van der Waals surface area contributed by atoms with Gasteiger partial charge in [-0.05, 0) is 60.3 Å². The Balaban J connectivity index is 1.46. The first-order valence-electron chi connectivity index (χ1n) is 9.88. The van der Waals surface area contributed by atoms with Crippen LogP contribution >= 0.6 is 0 Å². The first kappa shape index (κ1) is 22.5. The van der Waals surface area contributed by atoms with Crippen molar-refractivity contribution in [1.29, 1.82) is 0 Å². The predicted octanol–water partition coefficient (Wildman–Crippen LogP) is 4.23. The van der Waals surface area contributed by atoms with Crippen LogP contribution in [0.5, 0.6) is 5.75 Å². The standard InChI is InChI=1S/C24H20N2O5S2/c1-18-9-15-22(16-10-18)32(27,28)26-25-17-19-11-13-21(14-12-19)31-33(29,30)24-8-4-6-20-5-2-3-7-23(20)24/h2-17,26H,1H3/b25-17+. The van der Waals surface area contributed by atoms with Crippen molar-refractivity contribution < 1.29 is 21.0 Å². The predicted molar refractivity (Wildman–Crippen MR) is 127 cm³/mol. The number of hydrogen-bond acceptors (Lipinski definition) is 6. The summed E-state index contributed by atoms with van der Waals surface area (Å²) in [5.41, 5.74) is 1.50. The van der Waals surface area contributed by atoms with E-state index in [9.17, 15) is 16.8 Å². The highest BCUT2D eigenvalue weighted by Crippen LogP contribution is 2.26. The molecule has 0 aliphatic rings. The average molecular weight is 481 g/mol. The molecule has 0 spiro atoms. The summed E-state index contributed by atoms with van der Waals surface area (Å²) in [6, 6.07) is 24.6. The minimum Gasteiger partial charge on any atom is -0.379 e. The Morgan fingerprint density at radius 2 is 1.45 bits per heavy atom. The van der Waals surface area contributed by atoms with Crippen LogP contribution < -0.4 is 9.01 Å². The number of hydrazone groups is 1. The lowest BCUT2D eigenvalue weighted by molar-refractivity contribution is 0.487. The third-order valence-electron chi connectivity index (χ3n) is 4.82. The Labute approximate surface area is 192 Å². The molecule has 0 saturated carbocycles. The van der Waals surface area contributed by atoms with Crippen LogP contribution in [0.4, 0.5) is 0 Å². The number of aryl methyl sites for hydroxylation is 1. The molecule has 0 saturated heterocycles. The van der Waals surface area contributed by atoms with E-state index in [1.54, 1.807) is 42.5 Å². The smallest absolute Gasteiger partial charge is 0.339 e. The molecule has 0 aromatic heterocycles. The molecule has 7 nitrogen and oxygen atoms in total. The van der Waals surface area contributed by atoms with Gasteiger partial charge in [0, 0.05) is 5.39 Å². The SMILES string of the molecule is Cc1ccc(S(=O)(=O)N/N=C/c2ccc(OS(=O)(=O)c3cccc4ccccc34)cc2)cc1. The molecule has 9 heteroatoms. The van der Waals surface area contributed by atoms with Gasteiger partial charge < -0.3 is 4.18 Å². The molecule has 33 heavy (non-hydrogen) atoms. The Bertz CT molecular complexity index is 1520. The van der Waals surface area contributed by atoms with E-state index < -0.39 is 20.1 Å². The van der Waals surface area contributed by atoms with E-state index in [4.69, 9.17) is 4.18 Å². The maximum absolute atomic E-state index is 12.8. The summed E-state index contributed by atoms with van der Waals surface area (Å²) in [5, 5.41) is 5.14. The highest BCUT2D eigenvalue weighted by atomic mass is 32.2. The van der Waals surface area contributed by atoms with Gasteiger partial charge in [-0.25, -0.2) is 4.83 Å². The number of nitrogens with zero attached hydrogens (tertiary/aromatic N) is 1. The molecule has 0 aliphatic heterocycles. The van der Waals surface area contributed by atoms with Gasteiger partial charge in [-0.15, -0.1) is 0 Å². The fraction of sp³-hybridized carbons (Fsp3) is 0.0417. The topological polar surface area (TPSA) is 102 Å². The lowest BCUT2D eigenvalue weighted by Gasteiger charge is -2.09. The fourth-order valence-corrected chi connectivity index (χ4v) is 5.08. The van der Waals surface area contributed by atoms with Gasteiger partial charge in [0.2, 0.25) is 0 Å². The van der Waals surface area contributed by atoms with Gasteiger partial charge in [0.25, 0.3) is 10.0 Å². The molecule has 1 N–H and O–H groups in total. The van der Waals surface area contributed by atoms with E-state index in [-0.39, 0.29) is 15.5 Å². The Morgan fingerprint density at radius 3 is 2.18 bits per heavy atom. The molecule has 0 radical (unpaired) electrons. The summed E-state index contributed by atoms with van der Waals surface area (Å²) in [6.07, 6.45) is 1.31. The second-order valence-electron chi connectivity index (χ2n) is 7.25. The molecular weight excluding hydrogens is 460 g/mol. The van der Waals surface area contributed by atoms with Crippen molar-refractivity contribution in [3.63, 3.8) is 0 Å². The minimum absolute atomic E-state index is 0.0803. The lowest BCUT2D eigenvalue weighted by atomic mass is 10.1. The molecular formula is C24H20N2O5S2. The molecule has 4 aromatic rings. The number of hydrogen-bond donors (Lipinski definition) is 1. The number of benzene rings is 4. The summed E-state index contributed by atoms with van der Waals surface area (Å²) in [7, 11) is -7.83. The summed E-state index contributed by atoms with van der Waals surface area (Å²) in [6.45, 7) is 1.86. The van der Waals surface area contributed by atoms with Gasteiger partial charge in [0.1, 0.15) is 10.6 Å². The Hall–Kier alpha value is -3.69. The molecule has 0 heterocycles. The molecule has 4 aromatic carbocycles. The van der Waals surface area contributed by atoms with Crippen LogP contribution in [0.15, 0.2) is 106 Å². The number of nitrogens with one attached hydrogen (secondary N) is 1. The number of fused-ring (bicyclic) bond motifs is 1. The lowest BCUT2D eigenvalue weighted by Crippen LogP contribution is -2.18. The van der Waals surface area contributed by atoms with Crippen molar-refractivity contribution in [1.82, 2.24) is 4.83 Å². The van der Waals surface area contributed by atoms with E-state index >= 15 is 0 Å². The molecule has 0 atom stereocenters. The van der Waals surface area contributed by atoms with E-state index in [1.807, 2.05) is 25.1 Å². The average Bonchev–Trinajstić information content (AvgIpc) is 2.80. The maximum Gasteiger partial charge on any atom is 0.339 e. The zero-order valence-electron chi connectivity index (χ0n) is 17.5. The zero-order valence-corrected chi connectivity index (χ0v) is 19.2. The van der Waals surface area contributed by atoms with Crippen molar-refractivity contribution in [2.75, 3.05) is 0 Å². The van der Waals surface area contributed by atoms with Crippen LogP contribution in [0.25, 0.3) is 10.8 Å². The first-order valence-corrected chi connectivity index (χ1v) is 12.8. The summed E-state index contributed by atoms with van der Waals surface area (Å²) in [5.74, 6) is 0.125. The normalized spacial score (nSPS) is 12.2. The summed E-state index contributed by atoms with van der Waals surface area (Å²) >= 11 is 0. The van der Waals surface area contributed by atoms with Gasteiger partial charge in [-0.3, -0.25) is 0 Å². The highest BCUT2D eigenvalue weighted by molar-refractivity contribution is 7.89. The highest BCUT2D eigenvalue weighted by Gasteiger charge is 2.19. The number of rotatable bonds is 7. The largest absolute Gasteiger partial charge is 0.379 e. The van der Waals surface area contributed by atoms with Gasteiger partial charge in [0.15, 0.2) is 0 Å². The molecule has 4 rings (SSSR count). The fourth-order valence-electron chi connectivity index (χ4n) is 3.14. The molecule has 0 aliphatic carbocycles. The quantitative estimate of drug-likeness (QED) is 0.242. The third-order valence-corrected chi connectivity index (χ3v) is 7.37. The molecule has 0 unspecified atom stereocenters. The van der Waals surface area contributed by atoms with Crippen LogP contribution in [0.3, 0.4) is 0 Å². The van der Waals surface area contributed by atoms with Gasteiger partial charge >= 0.3 is 10.1 Å². The monoisotopic (exact) mass is 480 g/mol. The van der Waals surface area contributed by atoms with Crippen molar-refractivity contribution in [3.05, 3.63) is 102 Å². The van der Waals surface area contributed by atoms with Crippen molar-refractivity contribution in [2.45, 2.75) is 16.7 Å². The van der Waals surface area contributed by atoms with Crippen molar-refractivity contribution in [3.8, 4) is 5.75 Å². The second-order valence-corrected chi connectivity index (χ2v) is 10.4. The Kier molecular flexibility index (Phi) is 6.17. The van der Waals surface area contributed by atoms with Gasteiger partial charge in [-0.2, -0.15) is 21.9 Å². The molecule has 168 valence electrons. The maximum atomic E-state index is 12.8.